The number of ketones is 1. The molecular formula is C23H19ClF2N2O4. The fraction of sp³-hybridized carbons (Fsp3) is 0.304. The Morgan fingerprint density at radius 2 is 1.94 bits per heavy atom. The van der Waals surface area contributed by atoms with Gasteiger partial charge in [0.05, 0.1) is 1.37 Å². The van der Waals surface area contributed by atoms with Gasteiger partial charge in [0, 0.05) is 36.9 Å². The highest BCUT2D eigenvalue weighted by Crippen LogP contribution is 2.32. The summed E-state index contributed by atoms with van der Waals surface area (Å²) in [6.45, 7) is -0.155. The highest BCUT2D eigenvalue weighted by Gasteiger charge is 2.41. The van der Waals surface area contributed by atoms with Crippen LogP contribution in [0.4, 0.5) is 8.78 Å². The zero-order chi connectivity index (χ0) is 24.8. The maximum atomic E-state index is 14.5. The number of nitrogens with zero attached hydrogens (tertiary/aromatic N) is 1. The summed E-state index contributed by atoms with van der Waals surface area (Å²) >= 11 is 5.71. The standard InChI is InChI=1S/C23H19ClF2N2O4/c24-16-5-3-15(4-6-16)23(25,26)19(29)9-2-13-1-7-17-14(11-13)12-28(22(17)32)18-8-10-20(30)27-21(18)31/h1,3-7,11,18H,2,8-10,12H2,(H,27,30,31)/t18-/m0/s1/i8D,18D/t8?,18-. The number of benzene rings is 2. The van der Waals surface area contributed by atoms with Crippen molar-refractivity contribution in [1.82, 2.24) is 10.2 Å². The normalized spacial score (nSPS) is 24.0. The molecule has 166 valence electrons. The molecule has 6 nitrogen and oxygen atoms in total. The van der Waals surface area contributed by atoms with E-state index < -0.39 is 60.2 Å². The van der Waals surface area contributed by atoms with Crippen LogP contribution in [0.3, 0.4) is 0 Å². The third-order valence-electron chi connectivity index (χ3n) is 5.43. The van der Waals surface area contributed by atoms with Gasteiger partial charge in [0.1, 0.15) is 6.02 Å². The Labute approximate surface area is 190 Å². The molecule has 0 radical (unpaired) electrons. The van der Waals surface area contributed by atoms with Crippen LogP contribution in [0.25, 0.3) is 0 Å². The maximum Gasteiger partial charge on any atom is 0.330 e. The molecule has 1 N–H and O–H groups in total. The molecule has 0 saturated carbocycles. The average molecular weight is 463 g/mol. The summed E-state index contributed by atoms with van der Waals surface area (Å²) in [5.74, 6) is -7.30. The van der Waals surface area contributed by atoms with Gasteiger partial charge in [0.25, 0.3) is 5.91 Å². The number of rotatable bonds is 6. The molecule has 2 aromatic rings. The fourth-order valence-electron chi connectivity index (χ4n) is 3.72. The SMILES string of the molecule is [2H]C1CC(=O)NC(=O)[C@@]1([2H])N1Cc2cc(CCC(=O)C(F)(F)c3ccc(Cl)cc3)ccc2C1=O. The van der Waals surface area contributed by atoms with Crippen LogP contribution in [0.5, 0.6) is 0 Å². The zero-order valence-corrected chi connectivity index (χ0v) is 17.4. The summed E-state index contributed by atoms with van der Waals surface area (Å²) in [5.41, 5.74) is 0.735. The molecule has 0 bridgehead atoms. The van der Waals surface area contributed by atoms with E-state index in [2.05, 4.69) is 0 Å². The molecule has 0 aliphatic carbocycles. The van der Waals surface area contributed by atoms with Crippen molar-refractivity contribution in [2.24, 2.45) is 0 Å². The molecule has 2 heterocycles. The van der Waals surface area contributed by atoms with Gasteiger partial charge in [-0.15, -0.1) is 0 Å². The molecule has 2 aromatic carbocycles. The van der Waals surface area contributed by atoms with E-state index in [1.165, 1.54) is 24.3 Å². The third kappa shape index (κ3) is 4.14. The van der Waals surface area contributed by atoms with Crippen LogP contribution in [0.2, 0.25) is 5.02 Å². The van der Waals surface area contributed by atoms with Gasteiger partial charge < -0.3 is 4.90 Å². The van der Waals surface area contributed by atoms with Crippen LogP contribution in [-0.4, -0.2) is 34.4 Å². The highest BCUT2D eigenvalue weighted by atomic mass is 35.5. The number of Topliss-reactive ketones (excluding diaryl/α,β-unsaturated/α-hetero) is 1. The molecule has 3 amide bonds. The Morgan fingerprint density at radius 1 is 1.22 bits per heavy atom. The van der Waals surface area contributed by atoms with E-state index in [-0.39, 0.29) is 23.6 Å². The number of piperidine rings is 1. The van der Waals surface area contributed by atoms with Gasteiger partial charge in [0.15, 0.2) is 0 Å². The van der Waals surface area contributed by atoms with Gasteiger partial charge in [-0.2, -0.15) is 8.78 Å². The number of carbonyl (C=O) groups excluding carboxylic acids is 4. The first-order valence-electron chi connectivity index (χ1n) is 10.9. The molecule has 1 saturated heterocycles. The molecule has 2 aliphatic heterocycles. The van der Waals surface area contributed by atoms with Crippen molar-refractivity contribution in [1.29, 1.82) is 0 Å². The minimum atomic E-state index is -3.68. The minimum absolute atomic E-state index is 0.00837. The van der Waals surface area contributed by atoms with E-state index in [1.54, 1.807) is 6.07 Å². The predicted molar refractivity (Wildman–Crippen MR) is 111 cm³/mol. The fourth-order valence-corrected chi connectivity index (χ4v) is 3.84. The molecule has 0 spiro atoms. The predicted octanol–water partition coefficient (Wildman–Crippen LogP) is 3.39. The molecule has 1 unspecified atom stereocenters. The van der Waals surface area contributed by atoms with Crippen molar-refractivity contribution in [3.63, 3.8) is 0 Å². The second-order valence-corrected chi connectivity index (χ2v) is 7.99. The van der Waals surface area contributed by atoms with E-state index in [1.807, 2.05) is 5.32 Å². The van der Waals surface area contributed by atoms with E-state index in [0.717, 1.165) is 17.0 Å². The van der Waals surface area contributed by atoms with E-state index in [4.69, 9.17) is 14.3 Å². The molecule has 2 atom stereocenters. The minimum Gasteiger partial charge on any atom is -0.322 e. The number of imide groups is 1. The Balaban J connectivity index is 1.48. The summed E-state index contributed by atoms with van der Waals surface area (Å²) < 4.78 is 45.6. The lowest BCUT2D eigenvalue weighted by molar-refractivity contribution is -0.144. The Bertz CT molecular complexity index is 1210. The van der Waals surface area contributed by atoms with Crippen molar-refractivity contribution >= 4 is 35.1 Å². The van der Waals surface area contributed by atoms with Crippen LogP contribution in [0.15, 0.2) is 42.5 Å². The second-order valence-electron chi connectivity index (χ2n) is 7.56. The number of alkyl halides is 2. The molecular weight excluding hydrogens is 442 g/mol. The van der Waals surface area contributed by atoms with Gasteiger partial charge in [-0.3, -0.25) is 24.5 Å². The smallest absolute Gasteiger partial charge is 0.322 e. The van der Waals surface area contributed by atoms with Crippen LogP contribution >= 0.6 is 11.6 Å². The van der Waals surface area contributed by atoms with Gasteiger partial charge in [0.2, 0.25) is 17.6 Å². The largest absolute Gasteiger partial charge is 0.330 e. The number of hydrogen-bond acceptors (Lipinski definition) is 4. The van der Waals surface area contributed by atoms with Crippen molar-refractivity contribution in [2.75, 3.05) is 0 Å². The first kappa shape index (κ1) is 19.5. The number of amides is 3. The number of nitrogens with one attached hydrogen (secondary N) is 1. The van der Waals surface area contributed by atoms with Crippen molar-refractivity contribution < 1.29 is 30.7 Å². The summed E-state index contributed by atoms with van der Waals surface area (Å²) in [7, 11) is 0. The number of carbonyl (C=O) groups is 4. The molecule has 9 heteroatoms. The van der Waals surface area contributed by atoms with Crippen molar-refractivity contribution in [3.8, 4) is 0 Å². The van der Waals surface area contributed by atoms with Gasteiger partial charge in [-0.1, -0.05) is 35.9 Å². The van der Waals surface area contributed by atoms with E-state index >= 15 is 0 Å². The van der Waals surface area contributed by atoms with E-state index in [9.17, 15) is 28.0 Å². The van der Waals surface area contributed by atoms with Gasteiger partial charge in [-0.05, 0) is 42.1 Å². The average Bonchev–Trinajstić information content (AvgIpc) is 3.12. The topological polar surface area (TPSA) is 83.6 Å². The van der Waals surface area contributed by atoms with Crippen LogP contribution < -0.4 is 5.32 Å². The number of halogens is 3. The highest BCUT2D eigenvalue weighted by molar-refractivity contribution is 6.30. The molecule has 32 heavy (non-hydrogen) atoms. The number of hydrogen-bond donors (Lipinski definition) is 1. The van der Waals surface area contributed by atoms with Gasteiger partial charge in [-0.25, -0.2) is 0 Å². The van der Waals surface area contributed by atoms with Crippen LogP contribution in [-0.2, 0) is 33.3 Å². The first-order valence-corrected chi connectivity index (χ1v) is 10.2. The van der Waals surface area contributed by atoms with Crippen molar-refractivity contribution in [2.45, 2.75) is 44.1 Å². The number of aryl methyl sites for hydroxylation is 1. The lowest BCUT2D eigenvalue weighted by atomic mass is 9.97. The monoisotopic (exact) mass is 462 g/mol. The Kier molecular flexibility index (Phi) is 5.15. The quantitative estimate of drug-likeness (QED) is 0.667. The summed E-state index contributed by atoms with van der Waals surface area (Å²) in [4.78, 5) is 49.9. The van der Waals surface area contributed by atoms with Crippen molar-refractivity contribution in [3.05, 3.63) is 69.7 Å². The molecule has 0 aromatic heterocycles. The van der Waals surface area contributed by atoms with Crippen LogP contribution in [0.1, 0.15) is 49.0 Å². The first-order chi connectivity index (χ1) is 15.9. The lowest BCUT2D eigenvalue weighted by Gasteiger charge is -2.29. The maximum absolute atomic E-state index is 14.5. The van der Waals surface area contributed by atoms with Crippen LogP contribution in [0, 0.1) is 0 Å². The molecule has 1 fully saturated rings. The third-order valence-corrected chi connectivity index (χ3v) is 5.68. The lowest BCUT2D eigenvalue weighted by Crippen LogP contribution is -2.52. The number of fused-ring (bicyclic) bond motifs is 1. The zero-order valence-electron chi connectivity index (χ0n) is 18.7. The Morgan fingerprint density at radius 3 is 2.62 bits per heavy atom. The summed E-state index contributed by atoms with van der Waals surface area (Å²) in [6.07, 6.45) is -2.32. The molecule has 2 aliphatic rings. The second kappa shape index (κ2) is 8.43. The van der Waals surface area contributed by atoms with Gasteiger partial charge >= 0.3 is 5.92 Å². The molecule has 4 rings (SSSR count). The summed E-state index contributed by atoms with van der Waals surface area (Å²) in [6, 6.07) is 7.02. The Hall–Kier alpha value is -3.13. The summed E-state index contributed by atoms with van der Waals surface area (Å²) in [5, 5.41) is 2.28. The van der Waals surface area contributed by atoms with E-state index in [0.29, 0.717) is 11.1 Å².